The summed E-state index contributed by atoms with van der Waals surface area (Å²) in [6, 6.07) is 1.90. The van der Waals surface area contributed by atoms with Crippen LogP contribution in [-0.2, 0) is 11.7 Å². The van der Waals surface area contributed by atoms with E-state index < -0.39 is 39.7 Å². The molecule has 0 amide bonds. The van der Waals surface area contributed by atoms with Crippen LogP contribution in [0, 0.1) is 6.57 Å². The maximum Gasteiger partial charge on any atom is 0.419 e. The summed E-state index contributed by atoms with van der Waals surface area (Å²) in [7, 11) is 0. The largest absolute Gasteiger partial charge is 0.419 e. The van der Waals surface area contributed by atoms with E-state index in [4.69, 9.17) is 18.2 Å². The third-order valence-electron chi connectivity index (χ3n) is 3.92. The smallest absolute Gasteiger partial charge is 0.359 e. The first-order chi connectivity index (χ1) is 11.9. The molecule has 1 aliphatic rings. The summed E-state index contributed by atoms with van der Waals surface area (Å²) in [5.74, 6) is -0.501. The van der Waals surface area contributed by atoms with Gasteiger partial charge in [0, 0.05) is 11.6 Å². The summed E-state index contributed by atoms with van der Waals surface area (Å²) in [6.45, 7) is 10.1. The van der Waals surface area contributed by atoms with Crippen molar-refractivity contribution >= 4 is 23.2 Å². The number of hydrogen-bond acceptors (Lipinski definition) is 2. The van der Waals surface area contributed by atoms with Crippen LogP contribution >= 0.6 is 11.6 Å². The molecule has 1 aromatic carbocycles. The van der Waals surface area contributed by atoms with E-state index in [9.17, 15) is 26.3 Å². The summed E-state index contributed by atoms with van der Waals surface area (Å²) in [4.78, 5) is 3.02. The summed E-state index contributed by atoms with van der Waals surface area (Å²) >= 11 is 5.90. The van der Waals surface area contributed by atoms with Crippen molar-refractivity contribution in [3.63, 3.8) is 0 Å². The molecule has 0 aliphatic carbocycles. The van der Waals surface area contributed by atoms with E-state index in [1.54, 1.807) is 0 Å². The molecular formula is C15H7ClF6N4. The van der Waals surface area contributed by atoms with Gasteiger partial charge in [0.15, 0.2) is 5.54 Å². The Morgan fingerprint density at radius 1 is 1.23 bits per heavy atom. The second-order valence-electron chi connectivity index (χ2n) is 5.40. The zero-order valence-electron chi connectivity index (χ0n) is 12.5. The van der Waals surface area contributed by atoms with Gasteiger partial charge in [0.2, 0.25) is 0 Å². The zero-order chi connectivity index (χ0) is 19.5. The van der Waals surface area contributed by atoms with Crippen LogP contribution in [0.25, 0.3) is 10.5 Å². The van der Waals surface area contributed by atoms with Gasteiger partial charge in [-0.25, -0.2) is 0 Å². The van der Waals surface area contributed by atoms with Gasteiger partial charge in [0.05, 0.1) is 10.6 Å². The van der Waals surface area contributed by atoms with Crippen molar-refractivity contribution in [1.29, 1.82) is 0 Å². The average molecular weight is 393 g/mol. The van der Waals surface area contributed by atoms with Gasteiger partial charge in [-0.3, -0.25) is 0 Å². The van der Waals surface area contributed by atoms with Crippen molar-refractivity contribution in [2.45, 2.75) is 17.9 Å². The fraction of sp³-hybridized carbons (Fsp3) is 0.200. The van der Waals surface area contributed by atoms with Crippen molar-refractivity contribution in [2.24, 2.45) is 0 Å². The monoisotopic (exact) mass is 392 g/mol. The van der Waals surface area contributed by atoms with Crippen LogP contribution in [-0.4, -0.2) is 16.0 Å². The molecule has 0 fully saturated rings. The molecule has 1 N–H and O–H groups in total. The Bertz CT molecular complexity index is 953. The fourth-order valence-corrected chi connectivity index (χ4v) is 3.03. The van der Waals surface area contributed by atoms with E-state index in [2.05, 4.69) is 21.8 Å². The van der Waals surface area contributed by atoms with E-state index >= 15 is 0 Å². The predicted octanol–water partition coefficient (Wildman–Crippen LogP) is 5.46. The van der Waals surface area contributed by atoms with Gasteiger partial charge < -0.3 is 10.2 Å². The number of rotatable bonds is 1. The lowest BCUT2D eigenvalue weighted by Gasteiger charge is -2.39. The SMILES string of the molecule is [C-]#[N+]c1cc2n(n1)-c1c(Cl)cc(C(F)(F)F)cc1C(C=C)(C(F)(F)F)N2. The molecule has 0 bridgehead atoms. The standard InChI is InChI=1S/C15H7ClF6N4/c1-3-13(15(20,21)22)8-4-7(14(17,18)19)5-9(16)12(8)26-11(24-13)6-10(23-2)25-26/h3-6,24H,1H2. The molecule has 0 spiro atoms. The van der Waals surface area contributed by atoms with Crippen LogP contribution in [0.3, 0.4) is 0 Å². The Kier molecular flexibility index (Phi) is 3.77. The molecule has 2 aromatic rings. The van der Waals surface area contributed by atoms with Gasteiger partial charge in [0.1, 0.15) is 11.5 Å². The summed E-state index contributed by atoms with van der Waals surface area (Å²) < 4.78 is 81.8. The molecule has 3 rings (SSSR count). The molecule has 136 valence electrons. The maximum absolute atomic E-state index is 13.9. The molecule has 0 saturated heterocycles. The molecule has 26 heavy (non-hydrogen) atoms. The molecule has 0 radical (unpaired) electrons. The highest BCUT2D eigenvalue weighted by molar-refractivity contribution is 6.32. The van der Waals surface area contributed by atoms with Crippen LogP contribution in [0.1, 0.15) is 11.1 Å². The molecule has 1 aliphatic heterocycles. The number of nitrogens with one attached hydrogen (secondary N) is 1. The molecule has 1 unspecified atom stereocenters. The molecule has 2 heterocycles. The Hall–Kier alpha value is -2.67. The van der Waals surface area contributed by atoms with Crippen LogP contribution in [0.4, 0.5) is 38.0 Å². The van der Waals surface area contributed by atoms with E-state index in [0.29, 0.717) is 18.2 Å². The van der Waals surface area contributed by atoms with Crippen LogP contribution in [0.5, 0.6) is 0 Å². The first-order valence-corrected chi connectivity index (χ1v) is 7.20. The Morgan fingerprint density at radius 3 is 2.38 bits per heavy atom. The lowest BCUT2D eigenvalue weighted by atomic mass is 9.85. The van der Waals surface area contributed by atoms with Gasteiger partial charge in [-0.15, -0.1) is 11.3 Å². The Labute approximate surface area is 147 Å². The van der Waals surface area contributed by atoms with Crippen molar-refractivity contribution in [3.05, 3.63) is 58.4 Å². The van der Waals surface area contributed by atoms with Crippen molar-refractivity contribution < 1.29 is 26.3 Å². The number of fused-ring (bicyclic) bond motifs is 3. The number of nitrogens with zero attached hydrogens (tertiary/aromatic N) is 3. The van der Waals surface area contributed by atoms with Gasteiger partial charge in [-0.1, -0.05) is 24.2 Å². The zero-order valence-corrected chi connectivity index (χ0v) is 13.3. The van der Waals surface area contributed by atoms with E-state index in [1.807, 2.05) is 0 Å². The van der Waals surface area contributed by atoms with E-state index in [1.165, 1.54) is 0 Å². The lowest BCUT2D eigenvalue weighted by Crippen LogP contribution is -2.50. The molecule has 1 aromatic heterocycles. The normalized spacial score (nSPS) is 19.2. The minimum Gasteiger partial charge on any atom is -0.359 e. The quantitative estimate of drug-likeness (QED) is 0.397. The molecular weight excluding hydrogens is 386 g/mol. The first kappa shape index (κ1) is 18.1. The lowest BCUT2D eigenvalue weighted by molar-refractivity contribution is -0.169. The summed E-state index contributed by atoms with van der Waals surface area (Å²) in [6.07, 6.45) is -9.51. The summed E-state index contributed by atoms with van der Waals surface area (Å²) in [5.41, 5.74) is -5.60. The number of alkyl halides is 6. The number of hydrogen-bond donors (Lipinski definition) is 1. The highest BCUT2D eigenvalue weighted by Gasteiger charge is 2.58. The van der Waals surface area contributed by atoms with Crippen molar-refractivity contribution in [3.8, 4) is 5.69 Å². The van der Waals surface area contributed by atoms with Gasteiger partial charge in [0.25, 0.3) is 5.82 Å². The number of halogens is 7. The Balaban J connectivity index is 2.45. The van der Waals surface area contributed by atoms with Crippen LogP contribution in [0.2, 0.25) is 5.02 Å². The van der Waals surface area contributed by atoms with Gasteiger partial charge >= 0.3 is 12.4 Å². The fourth-order valence-electron chi connectivity index (χ4n) is 2.73. The van der Waals surface area contributed by atoms with Crippen molar-refractivity contribution in [1.82, 2.24) is 9.78 Å². The number of benzene rings is 1. The predicted molar refractivity (Wildman–Crippen MR) is 81.4 cm³/mol. The van der Waals surface area contributed by atoms with E-state index in [-0.39, 0.29) is 11.6 Å². The number of aromatic nitrogens is 2. The first-order valence-electron chi connectivity index (χ1n) is 6.82. The molecule has 1 atom stereocenters. The maximum atomic E-state index is 13.9. The summed E-state index contributed by atoms with van der Waals surface area (Å²) in [5, 5.41) is 5.29. The second-order valence-corrected chi connectivity index (χ2v) is 5.81. The third-order valence-corrected chi connectivity index (χ3v) is 4.21. The molecule has 4 nitrogen and oxygen atoms in total. The van der Waals surface area contributed by atoms with Gasteiger partial charge in [-0.05, 0) is 17.2 Å². The minimum absolute atomic E-state index is 0.248. The number of anilines is 1. The molecule has 0 saturated carbocycles. The third kappa shape index (κ3) is 2.42. The average Bonchev–Trinajstić information content (AvgIpc) is 2.94. The van der Waals surface area contributed by atoms with Crippen LogP contribution < -0.4 is 5.32 Å². The topological polar surface area (TPSA) is 34.2 Å². The van der Waals surface area contributed by atoms with Crippen molar-refractivity contribution in [2.75, 3.05) is 5.32 Å². The Morgan fingerprint density at radius 2 is 1.88 bits per heavy atom. The van der Waals surface area contributed by atoms with E-state index in [0.717, 1.165) is 10.7 Å². The van der Waals surface area contributed by atoms with Crippen LogP contribution in [0.15, 0.2) is 30.9 Å². The minimum atomic E-state index is -5.05. The second kappa shape index (κ2) is 5.41. The molecule has 11 heteroatoms. The highest BCUT2D eigenvalue weighted by atomic mass is 35.5. The highest BCUT2D eigenvalue weighted by Crippen LogP contribution is 2.51. The van der Waals surface area contributed by atoms with Gasteiger partial charge in [-0.2, -0.15) is 26.3 Å².